The van der Waals surface area contributed by atoms with E-state index in [4.69, 9.17) is 14.5 Å². The van der Waals surface area contributed by atoms with Crippen LogP contribution in [0.4, 0.5) is 5.69 Å². The molecule has 1 aromatic rings. The number of nitrogens with zero attached hydrogens (tertiary/aromatic N) is 2. The number of epoxide rings is 2. The minimum atomic E-state index is 0.386. The summed E-state index contributed by atoms with van der Waals surface area (Å²) in [4.78, 5) is 7.14. The minimum Gasteiger partial charge on any atom is -0.373 e. The lowest BCUT2D eigenvalue weighted by Crippen LogP contribution is -2.36. The van der Waals surface area contributed by atoms with Crippen molar-refractivity contribution in [3.8, 4) is 0 Å². The van der Waals surface area contributed by atoms with Crippen molar-refractivity contribution in [1.29, 1.82) is 0 Å². The Labute approximate surface area is 106 Å². The zero-order valence-electron chi connectivity index (χ0n) is 10.2. The van der Waals surface area contributed by atoms with Crippen LogP contribution in [0.25, 0.3) is 0 Å². The van der Waals surface area contributed by atoms with Crippen molar-refractivity contribution >= 4 is 11.5 Å². The summed E-state index contributed by atoms with van der Waals surface area (Å²) in [6.07, 6.45) is 1.72. The molecule has 0 aliphatic carbocycles. The summed E-state index contributed by atoms with van der Waals surface area (Å²) in [7, 11) is 0. The fourth-order valence-electron chi connectivity index (χ4n) is 2.41. The van der Waals surface area contributed by atoms with Crippen LogP contribution in [0.3, 0.4) is 0 Å². The second kappa shape index (κ2) is 4.07. The normalized spacial score (nSPS) is 28.7. The molecule has 4 nitrogen and oxygen atoms in total. The first-order valence-electron chi connectivity index (χ1n) is 6.52. The molecule has 3 heterocycles. The molecule has 3 aliphatic heterocycles. The van der Waals surface area contributed by atoms with Gasteiger partial charge in [-0.05, 0) is 11.6 Å². The van der Waals surface area contributed by atoms with Crippen molar-refractivity contribution in [1.82, 2.24) is 4.90 Å². The van der Waals surface area contributed by atoms with E-state index >= 15 is 0 Å². The lowest BCUT2D eigenvalue weighted by atomic mass is 10.1. The Morgan fingerprint density at radius 3 is 2.72 bits per heavy atom. The lowest BCUT2D eigenvalue weighted by molar-refractivity contribution is 0.317. The average molecular weight is 244 g/mol. The number of hydrogen-bond donors (Lipinski definition) is 0. The molecule has 0 aromatic heterocycles. The number of fused-ring (bicyclic) bond motifs is 1. The first-order chi connectivity index (χ1) is 8.88. The molecule has 0 amide bonds. The zero-order valence-corrected chi connectivity index (χ0v) is 10.2. The molecule has 1 aromatic carbocycles. The van der Waals surface area contributed by atoms with Gasteiger partial charge in [0.2, 0.25) is 0 Å². The van der Waals surface area contributed by atoms with Gasteiger partial charge < -0.3 is 14.4 Å². The van der Waals surface area contributed by atoms with E-state index in [1.54, 1.807) is 0 Å². The molecule has 4 rings (SSSR count). The smallest absolute Gasteiger partial charge is 0.108 e. The van der Waals surface area contributed by atoms with Crippen molar-refractivity contribution < 1.29 is 9.47 Å². The monoisotopic (exact) mass is 244 g/mol. The molecule has 0 bridgehead atoms. The summed E-state index contributed by atoms with van der Waals surface area (Å²) in [5.74, 6) is 1.16. The number of amidine groups is 1. The number of benzene rings is 1. The maximum absolute atomic E-state index is 5.34. The second-order valence-corrected chi connectivity index (χ2v) is 5.15. The molecule has 4 heteroatoms. The fourth-order valence-corrected chi connectivity index (χ4v) is 2.41. The highest BCUT2D eigenvalue weighted by atomic mass is 16.6. The zero-order chi connectivity index (χ0) is 11.9. The van der Waals surface area contributed by atoms with Gasteiger partial charge in [-0.3, -0.25) is 0 Å². The van der Waals surface area contributed by atoms with Crippen molar-refractivity contribution in [3.05, 3.63) is 29.8 Å². The van der Waals surface area contributed by atoms with Crippen molar-refractivity contribution in [3.63, 3.8) is 0 Å². The molecule has 2 unspecified atom stereocenters. The third-order valence-corrected chi connectivity index (χ3v) is 3.61. The first-order valence-corrected chi connectivity index (χ1v) is 6.52. The number of aliphatic imine (C=N–C) groups is 1. The van der Waals surface area contributed by atoms with E-state index in [1.165, 1.54) is 5.56 Å². The third-order valence-electron chi connectivity index (χ3n) is 3.61. The Morgan fingerprint density at radius 2 is 1.94 bits per heavy atom. The molecule has 3 aliphatic rings. The maximum atomic E-state index is 5.34. The van der Waals surface area contributed by atoms with Crippen LogP contribution in [0.15, 0.2) is 29.3 Å². The Hall–Kier alpha value is -1.39. The molecule has 0 saturated carbocycles. The molecular formula is C14H16N2O2. The average Bonchev–Trinajstić information content (AvgIpc) is 3.25. The minimum absolute atomic E-state index is 0.386. The lowest BCUT2D eigenvalue weighted by Gasteiger charge is -2.30. The SMILES string of the molecule is c1ccc2c(c1)CN(CC1CO1)C(CC1CO1)=N2. The molecule has 94 valence electrons. The van der Waals surface area contributed by atoms with Gasteiger partial charge in [-0.2, -0.15) is 0 Å². The number of para-hydroxylation sites is 1. The van der Waals surface area contributed by atoms with Crippen LogP contribution in [-0.2, 0) is 16.0 Å². The van der Waals surface area contributed by atoms with E-state index in [1.807, 2.05) is 6.07 Å². The summed E-state index contributed by atoms with van der Waals surface area (Å²) < 4.78 is 10.7. The van der Waals surface area contributed by atoms with Gasteiger partial charge in [-0.25, -0.2) is 4.99 Å². The van der Waals surface area contributed by atoms with Crippen LogP contribution in [0.2, 0.25) is 0 Å². The highest BCUT2D eigenvalue weighted by Crippen LogP contribution is 2.29. The van der Waals surface area contributed by atoms with Crippen molar-refractivity contribution in [2.24, 2.45) is 4.99 Å². The molecule has 0 N–H and O–H groups in total. The largest absolute Gasteiger partial charge is 0.373 e. The summed E-state index contributed by atoms with van der Waals surface area (Å²) in [5, 5.41) is 0. The molecule has 2 saturated heterocycles. The summed E-state index contributed by atoms with van der Waals surface area (Å²) >= 11 is 0. The van der Waals surface area contributed by atoms with E-state index in [-0.39, 0.29) is 0 Å². The molecule has 0 radical (unpaired) electrons. The Balaban J connectivity index is 1.61. The van der Waals surface area contributed by atoms with E-state index in [0.29, 0.717) is 12.2 Å². The van der Waals surface area contributed by atoms with Crippen LogP contribution in [0, 0.1) is 0 Å². The van der Waals surface area contributed by atoms with Gasteiger partial charge in [0, 0.05) is 19.5 Å². The van der Waals surface area contributed by atoms with Gasteiger partial charge in [0.1, 0.15) is 5.84 Å². The molecular weight excluding hydrogens is 228 g/mol. The number of hydrogen-bond acceptors (Lipinski definition) is 4. The Morgan fingerprint density at radius 1 is 1.17 bits per heavy atom. The Kier molecular flexibility index (Phi) is 2.38. The predicted molar refractivity (Wildman–Crippen MR) is 68.0 cm³/mol. The van der Waals surface area contributed by atoms with Gasteiger partial charge in [0.15, 0.2) is 0 Å². The number of ether oxygens (including phenoxy) is 2. The quantitative estimate of drug-likeness (QED) is 0.757. The van der Waals surface area contributed by atoms with Crippen LogP contribution in [0.1, 0.15) is 12.0 Å². The van der Waals surface area contributed by atoms with Gasteiger partial charge in [-0.1, -0.05) is 18.2 Å². The van der Waals surface area contributed by atoms with Crippen molar-refractivity contribution in [2.75, 3.05) is 19.8 Å². The van der Waals surface area contributed by atoms with Crippen molar-refractivity contribution in [2.45, 2.75) is 25.2 Å². The van der Waals surface area contributed by atoms with E-state index in [0.717, 1.165) is 44.2 Å². The van der Waals surface area contributed by atoms with Gasteiger partial charge in [-0.15, -0.1) is 0 Å². The standard InChI is InChI=1S/C14H16N2O2/c1-2-4-13-10(3-1)6-16(7-12-9-18-12)14(15-13)5-11-8-17-11/h1-4,11-12H,5-9H2. The van der Waals surface area contributed by atoms with Crippen LogP contribution < -0.4 is 0 Å². The summed E-state index contributed by atoms with van der Waals surface area (Å²) in [6.45, 7) is 3.68. The van der Waals surface area contributed by atoms with Crippen LogP contribution in [0.5, 0.6) is 0 Å². The summed E-state index contributed by atoms with van der Waals surface area (Å²) in [6, 6.07) is 8.38. The maximum Gasteiger partial charge on any atom is 0.108 e. The highest BCUT2D eigenvalue weighted by Gasteiger charge is 2.32. The second-order valence-electron chi connectivity index (χ2n) is 5.15. The van der Waals surface area contributed by atoms with Gasteiger partial charge >= 0.3 is 0 Å². The Bertz CT molecular complexity index is 492. The van der Waals surface area contributed by atoms with E-state index in [2.05, 4.69) is 23.1 Å². The van der Waals surface area contributed by atoms with E-state index in [9.17, 15) is 0 Å². The molecule has 2 fully saturated rings. The number of rotatable bonds is 4. The summed E-state index contributed by atoms with van der Waals surface area (Å²) in [5.41, 5.74) is 2.42. The molecule has 0 spiro atoms. The molecule has 2 atom stereocenters. The van der Waals surface area contributed by atoms with Gasteiger partial charge in [0.05, 0.1) is 31.1 Å². The van der Waals surface area contributed by atoms with Crippen LogP contribution in [-0.4, -0.2) is 42.7 Å². The van der Waals surface area contributed by atoms with E-state index < -0.39 is 0 Å². The molecule has 18 heavy (non-hydrogen) atoms. The first kappa shape index (κ1) is 10.5. The highest BCUT2D eigenvalue weighted by molar-refractivity contribution is 5.87. The predicted octanol–water partition coefficient (Wildman–Crippen LogP) is 1.72. The van der Waals surface area contributed by atoms with Crippen LogP contribution >= 0.6 is 0 Å². The third kappa shape index (κ3) is 2.13. The fraction of sp³-hybridized carbons (Fsp3) is 0.500. The van der Waals surface area contributed by atoms with Gasteiger partial charge in [0.25, 0.3) is 0 Å². The topological polar surface area (TPSA) is 40.7 Å².